The Kier molecular flexibility index (Phi) is 4.05. The first-order chi connectivity index (χ1) is 9.30. The Hall–Kier alpha value is -1.54. The minimum Gasteiger partial charge on any atom is -0.444 e. The quantitative estimate of drug-likeness (QED) is 0.848. The van der Waals surface area contributed by atoms with Crippen molar-refractivity contribution in [2.24, 2.45) is 5.92 Å². The fourth-order valence-corrected chi connectivity index (χ4v) is 3.70. The molecule has 0 fully saturated rings. The first-order valence-electron chi connectivity index (χ1n) is 6.85. The van der Waals surface area contributed by atoms with Gasteiger partial charge in [-0.1, -0.05) is 6.92 Å². The monoisotopic (exact) mass is 292 g/mol. The number of nitriles is 1. The summed E-state index contributed by atoms with van der Waals surface area (Å²) in [5.74, 6) is 0.641. The maximum absolute atomic E-state index is 11.8. The third-order valence-electron chi connectivity index (χ3n) is 3.24. The van der Waals surface area contributed by atoms with Crippen LogP contribution in [0, 0.1) is 17.2 Å². The van der Waals surface area contributed by atoms with Gasteiger partial charge in [-0.25, -0.2) is 4.79 Å². The van der Waals surface area contributed by atoms with Crippen LogP contribution in [0.15, 0.2) is 0 Å². The number of amides is 1. The average molecular weight is 292 g/mol. The first kappa shape index (κ1) is 14.9. The summed E-state index contributed by atoms with van der Waals surface area (Å²) in [5, 5.41) is 12.7. The standard InChI is InChI=1S/C15H20N2O2S/c1-9-5-6-10-11(8-16)13(20-12(10)7-9)17-14(18)19-15(2,3)4/h9H,5-7H2,1-4H3,(H,17,18). The lowest BCUT2D eigenvalue weighted by Gasteiger charge is -2.19. The minimum absolute atomic E-state index is 0.499. The number of hydrogen-bond acceptors (Lipinski definition) is 4. The van der Waals surface area contributed by atoms with Crippen LogP contribution in [0.2, 0.25) is 0 Å². The Morgan fingerprint density at radius 1 is 1.50 bits per heavy atom. The van der Waals surface area contributed by atoms with Gasteiger partial charge in [0.2, 0.25) is 0 Å². The van der Waals surface area contributed by atoms with Gasteiger partial charge >= 0.3 is 6.09 Å². The van der Waals surface area contributed by atoms with E-state index in [4.69, 9.17) is 4.74 Å². The summed E-state index contributed by atoms with van der Waals surface area (Å²) in [4.78, 5) is 13.1. The van der Waals surface area contributed by atoms with Gasteiger partial charge in [-0.2, -0.15) is 5.26 Å². The molecule has 108 valence electrons. The van der Waals surface area contributed by atoms with Gasteiger partial charge in [0.05, 0.1) is 5.56 Å². The van der Waals surface area contributed by atoms with Crippen LogP contribution < -0.4 is 5.32 Å². The summed E-state index contributed by atoms with van der Waals surface area (Å²) >= 11 is 1.51. The molecule has 1 aliphatic carbocycles. The molecule has 0 aliphatic heterocycles. The van der Waals surface area contributed by atoms with Crippen LogP contribution >= 0.6 is 11.3 Å². The van der Waals surface area contributed by atoms with Crippen molar-refractivity contribution in [1.29, 1.82) is 5.26 Å². The fraction of sp³-hybridized carbons (Fsp3) is 0.600. The minimum atomic E-state index is -0.539. The number of thiophene rings is 1. The van der Waals surface area contributed by atoms with Crippen molar-refractivity contribution in [2.45, 2.75) is 52.6 Å². The second-order valence-corrected chi connectivity index (χ2v) is 7.40. The number of rotatable bonds is 1. The highest BCUT2D eigenvalue weighted by atomic mass is 32.1. The first-order valence-corrected chi connectivity index (χ1v) is 7.66. The predicted octanol–water partition coefficient (Wildman–Crippen LogP) is 4.09. The molecule has 1 atom stereocenters. The number of nitrogens with one attached hydrogen (secondary N) is 1. The fourth-order valence-electron chi connectivity index (χ4n) is 2.35. The van der Waals surface area contributed by atoms with Crippen molar-refractivity contribution in [3.63, 3.8) is 0 Å². The van der Waals surface area contributed by atoms with Crippen molar-refractivity contribution in [3.8, 4) is 6.07 Å². The molecule has 1 unspecified atom stereocenters. The van der Waals surface area contributed by atoms with E-state index < -0.39 is 11.7 Å². The molecule has 1 aromatic heterocycles. The molecule has 0 bridgehead atoms. The highest BCUT2D eigenvalue weighted by Crippen LogP contribution is 2.39. The summed E-state index contributed by atoms with van der Waals surface area (Å²) in [5.41, 5.74) is 1.19. The lowest BCUT2D eigenvalue weighted by molar-refractivity contribution is 0.0636. The average Bonchev–Trinajstić information content (AvgIpc) is 2.62. The van der Waals surface area contributed by atoms with Gasteiger partial charge in [0, 0.05) is 4.88 Å². The molecule has 1 amide bonds. The molecule has 1 heterocycles. The van der Waals surface area contributed by atoms with Crippen LogP contribution in [-0.2, 0) is 17.6 Å². The number of fused-ring (bicyclic) bond motifs is 1. The Balaban J connectivity index is 2.21. The van der Waals surface area contributed by atoms with Crippen LogP contribution in [0.25, 0.3) is 0 Å². The van der Waals surface area contributed by atoms with Crippen LogP contribution in [0.5, 0.6) is 0 Å². The normalized spacial score (nSPS) is 18.1. The van der Waals surface area contributed by atoms with Crippen molar-refractivity contribution in [2.75, 3.05) is 5.32 Å². The summed E-state index contributed by atoms with van der Waals surface area (Å²) < 4.78 is 5.24. The van der Waals surface area contributed by atoms with Gasteiger partial charge in [0.1, 0.15) is 16.7 Å². The van der Waals surface area contributed by atoms with Gasteiger partial charge < -0.3 is 4.74 Å². The van der Waals surface area contributed by atoms with E-state index in [2.05, 4.69) is 18.3 Å². The van der Waals surface area contributed by atoms with Crippen molar-refractivity contribution in [3.05, 3.63) is 16.0 Å². The SMILES string of the molecule is CC1CCc2c(sc(NC(=O)OC(C)(C)C)c2C#N)C1. The summed E-state index contributed by atoms with van der Waals surface area (Å²) in [6, 6.07) is 2.23. The third kappa shape index (κ3) is 3.31. The Morgan fingerprint density at radius 3 is 2.80 bits per heavy atom. The van der Waals surface area contributed by atoms with E-state index >= 15 is 0 Å². The van der Waals surface area contributed by atoms with Crippen LogP contribution in [0.1, 0.15) is 50.1 Å². The highest BCUT2D eigenvalue weighted by Gasteiger charge is 2.25. The van der Waals surface area contributed by atoms with E-state index in [-0.39, 0.29) is 0 Å². The molecule has 0 saturated heterocycles. The molecule has 1 aromatic rings. The lowest BCUT2D eigenvalue weighted by Crippen LogP contribution is -2.27. The molecular formula is C15H20N2O2S. The number of carbonyl (C=O) groups excluding carboxylic acids is 1. The zero-order chi connectivity index (χ0) is 14.9. The zero-order valence-electron chi connectivity index (χ0n) is 12.4. The largest absolute Gasteiger partial charge is 0.444 e. The number of anilines is 1. The van der Waals surface area contributed by atoms with Crippen molar-refractivity contribution >= 4 is 22.4 Å². The topological polar surface area (TPSA) is 62.1 Å². The number of carbonyl (C=O) groups is 1. The second kappa shape index (κ2) is 5.45. The van der Waals surface area contributed by atoms with Crippen LogP contribution in [0.3, 0.4) is 0 Å². The molecule has 1 N–H and O–H groups in total. The number of nitrogens with zero attached hydrogens (tertiary/aromatic N) is 1. The third-order valence-corrected chi connectivity index (χ3v) is 4.41. The molecule has 5 heteroatoms. The molecule has 0 spiro atoms. The molecule has 4 nitrogen and oxygen atoms in total. The molecule has 20 heavy (non-hydrogen) atoms. The molecule has 0 saturated carbocycles. The highest BCUT2D eigenvalue weighted by molar-refractivity contribution is 7.16. The summed E-state index contributed by atoms with van der Waals surface area (Å²) in [6.45, 7) is 7.67. The maximum Gasteiger partial charge on any atom is 0.412 e. The lowest BCUT2D eigenvalue weighted by atomic mass is 9.89. The van der Waals surface area contributed by atoms with E-state index in [1.165, 1.54) is 16.2 Å². The van der Waals surface area contributed by atoms with Gasteiger partial charge in [-0.05, 0) is 51.5 Å². The molecule has 0 radical (unpaired) electrons. The summed E-state index contributed by atoms with van der Waals surface area (Å²) in [6.07, 6.45) is 2.52. The van der Waals surface area contributed by atoms with Gasteiger partial charge in [-0.15, -0.1) is 11.3 Å². The predicted molar refractivity (Wildman–Crippen MR) is 80.1 cm³/mol. The van der Waals surface area contributed by atoms with E-state index in [1.807, 2.05) is 20.8 Å². The van der Waals surface area contributed by atoms with Crippen LogP contribution in [0.4, 0.5) is 9.80 Å². The maximum atomic E-state index is 11.8. The van der Waals surface area contributed by atoms with Gasteiger partial charge in [0.25, 0.3) is 0 Å². The number of hydrogen-bond donors (Lipinski definition) is 1. The second-order valence-electron chi connectivity index (χ2n) is 6.29. The van der Waals surface area contributed by atoms with Crippen molar-refractivity contribution in [1.82, 2.24) is 0 Å². The van der Waals surface area contributed by atoms with E-state index in [1.54, 1.807) is 0 Å². The Bertz CT molecular complexity index is 564. The van der Waals surface area contributed by atoms with Gasteiger partial charge in [0.15, 0.2) is 0 Å². The van der Waals surface area contributed by atoms with E-state index in [0.29, 0.717) is 16.5 Å². The van der Waals surface area contributed by atoms with Gasteiger partial charge in [-0.3, -0.25) is 5.32 Å². The summed E-state index contributed by atoms with van der Waals surface area (Å²) in [7, 11) is 0. The van der Waals surface area contributed by atoms with Crippen molar-refractivity contribution < 1.29 is 9.53 Å². The van der Waals surface area contributed by atoms with Crippen LogP contribution in [-0.4, -0.2) is 11.7 Å². The number of ether oxygens (including phenoxy) is 1. The van der Waals surface area contributed by atoms with E-state index in [0.717, 1.165) is 24.8 Å². The molecule has 0 aromatic carbocycles. The molecule has 2 rings (SSSR count). The zero-order valence-corrected chi connectivity index (χ0v) is 13.2. The Labute approximate surface area is 123 Å². The Morgan fingerprint density at radius 2 is 2.20 bits per heavy atom. The molecule has 1 aliphatic rings. The molecular weight excluding hydrogens is 272 g/mol. The van der Waals surface area contributed by atoms with E-state index in [9.17, 15) is 10.1 Å². The smallest absolute Gasteiger partial charge is 0.412 e.